The van der Waals surface area contributed by atoms with Gasteiger partial charge in [0.25, 0.3) is 11.8 Å². The molecule has 0 spiro atoms. The Morgan fingerprint density at radius 1 is 1.07 bits per heavy atom. The first kappa shape index (κ1) is 22.4. The van der Waals surface area contributed by atoms with Crippen LogP contribution in [0.4, 0.5) is 5.69 Å². The van der Waals surface area contributed by atoms with E-state index in [2.05, 4.69) is 10.3 Å². The number of esters is 1. The van der Waals surface area contributed by atoms with Gasteiger partial charge in [0.1, 0.15) is 5.69 Å². The first-order chi connectivity index (χ1) is 13.8. The van der Waals surface area contributed by atoms with Crippen LogP contribution in [0.15, 0.2) is 30.3 Å². The summed E-state index contributed by atoms with van der Waals surface area (Å²) in [7, 11) is 0. The van der Waals surface area contributed by atoms with E-state index in [1.54, 1.807) is 30.9 Å². The molecule has 1 N–H and O–H groups in total. The highest BCUT2D eigenvalue weighted by Gasteiger charge is 2.18. The zero-order valence-electron chi connectivity index (χ0n) is 16.9. The maximum Gasteiger partial charge on any atom is 0.339 e. The summed E-state index contributed by atoms with van der Waals surface area (Å²) in [4.78, 5) is 42.6. The van der Waals surface area contributed by atoms with Gasteiger partial charge < -0.3 is 15.0 Å². The van der Waals surface area contributed by atoms with Crippen molar-refractivity contribution in [2.45, 2.75) is 27.7 Å². The number of aryl methyl sites for hydroxylation is 1. The van der Waals surface area contributed by atoms with Crippen LogP contribution in [0.5, 0.6) is 0 Å². The molecule has 0 aliphatic rings. The molecule has 0 saturated carbocycles. The van der Waals surface area contributed by atoms with Gasteiger partial charge in [-0.15, -0.1) is 0 Å². The number of rotatable bonds is 7. The van der Waals surface area contributed by atoms with Crippen LogP contribution in [0.2, 0.25) is 5.02 Å². The van der Waals surface area contributed by atoms with E-state index in [1.807, 2.05) is 13.8 Å². The third kappa shape index (κ3) is 5.32. The normalized spacial score (nSPS) is 10.4. The molecule has 8 heteroatoms. The lowest BCUT2D eigenvalue weighted by molar-refractivity contribution is 0.0524. The molecule has 0 radical (unpaired) electrons. The number of anilines is 1. The van der Waals surface area contributed by atoms with Gasteiger partial charge in [0.05, 0.1) is 28.5 Å². The Balaban J connectivity index is 2.17. The number of benzene rings is 1. The van der Waals surface area contributed by atoms with Crippen molar-refractivity contribution in [2.75, 3.05) is 25.0 Å². The van der Waals surface area contributed by atoms with Crippen LogP contribution >= 0.6 is 11.6 Å². The van der Waals surface area contributed by atoms with E-state index in [4.69, 9.17) is 16.3 Å². The van der Waals surface area contributed by atoms with E-state index >= 15 is 0 Å². The number of carbonyl (C=O) groups excluding carboxylic acids is 3. The summed E-state index contributed by atoms with van der Waals surface area (Å²) < 4.78 is 4.96. The Morgan fingerprint density at radius 2 is 1.72 bits per heavy atom. The number of pyridine rings is 1. The third-order valence-corrected chi connectivity index (χ3v) is 4.63. The van der Waals surface area contributed by atoms with Crippen molar-refractivity contribution >= 4 is 35.1 Å². The molecule has 0 fully saturated rings. The molecule has 2 rings (SSSR count). The Bertz CT molecular complexity index is 926. The van der Waals surface area contributed by atoms with Crippen LogP contribution in [0.25, 0.3) is 0 Å². The molecule has 2 aromatic rings. The Hall–Kier alpha value is -2.93. The van der Waals surface area contributed by atoms with Crippen LogP contribution < -0.4 is 5.32 Å². The molecule has 0 aliphatic heterocycles. The Morgan fingerprint density at radius 3 is 2.28 bits per heavy atom. The lowest BCUT2D eigenvalue weighted by Crippen LogP contribution is -2.30. The predicted octanol–water partition coefficient (Wildman–Crippen LogP) is 3.95. The smallest absolute Gasteiger partial charge is 0.339 e. The minimum absolute atomic E-state index is 0.148. The van der Waals surface area contributed by atoms with E-state index in [-0.39, 0.29) is 23.2 Å². The lowest BCUT2D eigenvalue weighted by Gasteiger charge is -2.19. The average Bonchev–Trinajstić information content (AvgIpc) is 2.68. The molecule has 0 bridgehead atoms. The highest BCUT2D eigenvalue weighted by molar-refractivity contribution is 6.34. The molecule has 1 heterocycles. The van der Waals surface area contributed by atoms with Gasteiger partial charge in [-0.05, 0) is 58.0 Å². The van der Waals surface area contributed by atoms with Gasteiger partial charge in [-0.3, -0.25) is 9.59 Å². The molecule has 0 unspecified atom stereocenters. The largest absolute Gasteiger partial charge is 0.462 e. The fourth-order valence-electron chi connectivity index (χ4n) is 2.75. The van der Waals surface area contributed by atoms with E-state index in [0.29, 0.717) is 35.6 Å². The van der Waals surface area contributed by atoms with Gasteiger partial charge in [0.2, 0.25) is 0 Å². The van der Waals surface area contributed by atoms with E-state index in [0.717, 1.165) is 0 Å². The minimum atomic E-state index is -0.482. The molecule has 0 saturated heterocycles. The first-order valence-corrected chi connectivity index (χ1v) is 9.75. The van der Waals surface area contributed by atoms with Gasteiger partial charge in [0.15, 0.2) is 0 Å². The second-order valence-corrected chi connectivity index (χ2v) is 6.58. The summed E-state index contributed by atoms with van der Waals surface area (Å²) in [6.07, 6.45) is 0. The van der Waals surface area contributed by atoms with E-state index in [1.165, 1.54) is 18.2 Å². The molecule has 29 heavy (non-hydrogen) atoms. The minimum Gasteiger partial charge on any atom is -0.462 e. The molecule has 2 amide bonds. The van der Waals surface area contributed by atoms with Crippen LogP contribution in [-0.2, 0) is 4.74 Å². The number of ether oxygens (including phenoxy) is 1. The number of carbonyl (C=O) groups is 3. The summed E-state index contributed by atoms with van der Waals surface area (Å²) in [5, 5.41) is 2.95. The molecule has 7 nitrogen and oxygen atoms in total. The molecule has 0 atom stereocenters. The zero-order valence-corrected chi connectivity index (χ0v) is 17.7. The number of aromatic nitrogens is 1. The Kier molecular flexibility index (Phi) is 7.73. The van der Waals surface area contributed by atoms with Gasteiger partial charge in [0, 0.05) is 18.8 Å². The number of nitrogens with one attached hydrogen (secondary N) is 1. The summed E-state index contributed by atoms with van der Waals surface area (Å²) >= 11 is 6.26. The van der Waals surface area contributed by atoms with Crippen LogP contribution in [0, 0.1) is 6.92 Å². The average molecular weight is 418 g/mol. The molecule has 0 aliphatic carbocycles. The van der Waals surface area contributed by atoms with Crippen LogP contribution in [0.3, 0.4) is 0 Å². The number of hydrogen-bond donors (Lipinski definition) is 1. The van der Waals surface area contributed by atoms with Crippen LogP contribution in [-0.4, -0.2) is 47.4 Å². The highest BCUT2D eigenvalue weighted by atomic mass is 35.5. The molecule has 1 aromatic carbocycles. The maximum absolute atomic E-state index is 12.5. The van der Waals surface area contributed by atoms with Crippen molar-refractivity contribution in [3.05, 3.63) is 57.9 Å². The van der Waals surface area contributed by atoms with Crippen molar-refractivity contribution in [3.63, 3.8) is 0 Å². The maximum atomic E-state index is 12.5. The number of nitrogens with zero attached hydrogens (tertiary/aromatic N) is 2. The zero-order chi connectivity index (χ0) is 21.6. The van der Waals surface area contributed by atoms with Gasteiger partial charge in [-0.2, -0.15) is 0 Å². The molecular formula is C21H24ClN3O4. The fourth-order valence-corrected chi connectivity index (χ4v) is 3.02. The lowest BCUT2D eigenvalue weighted by atomic mass is 10.1. The topological polar surface area (TPSA) is 88.6 Å². The fraction of sp³-hybridized carbons (Fsp3) is 0.333. The number of hydrogen-bond acceptors (Lipinski definition) is 5. The second kappa shape index (κ2) is 10.0. The second-order valence-electron chi connectivity index (χ2n) is 6.18. The van der Waals surface area contributed by atoms with Crippen LogP contribution in [0.1, 0.15) is 57.7 Å². The van der Waals surface area contributed by atoms with Gasteiger partial charge in [-0.1, -0.05) is 11.6 Å². The van der Waals surface area contributed by atoms with Gasteiger partial charge >= 0.3 is 5.97 Å². The summed E-state index contributed by atoms with van der Waals surface area (Å²) in [6.45, 7) is 8.56. The van der Waals surface area contributed by atoms with E-state index in [9.17, 15) is 14.4 Å². The van der Waals surface area contributed by atoms with Crippen molar-refractivity contribution < 1.29 is 19.1 Å². The summed E-state index contributed by atoms with van der Waals surface area (Å²) in [5.74, 6) is -1.10. The van der Waals surface area contributed by atoms with E-state index < -0.39 is 11.9 Å². The standard InChI is InChI=1S/C21H24ClN3O4/c1-5-25(6-2)20(27)16-9-8-14(12-17(16)22)24-19(26)18-11-10-15(13(4)23-18)21(28)29-7-3/h8-12H,5-7H2,1-4H3,(H,24,26). The highest BCUT2D eigenvalue weighted by Crippen LogP contribution is 2.23. The SMILES string of the molecule is CCOC(=O)c1ccc(C(=O)Nc2ccc(C(=O)N(CC)CC)c(Cl)c2)nc1C. The molecule has 154 valence electrons. The quantitative estimate of drug-likeness (QED) is 0.689. The Labute approximate surface area is 175 Å². The number of amides is 2. The van der Waals surface area contributed by atoms with Crippen molar-refractivity contribution in [1.29, 1.82) is 0 Å². The van der Waals surface area contributed by atoms with Crippen molar-refractivity contribution in [3.8, 4) is 0 Å². The third-order valence-electron chi connectivity index (χ3n) is 4.32. The summed E-state index contributed by atoms with van der Waals surface area (Å²) in [6, 6.07) is 7.68. The van der Waals surface area contributed by atoms with Crippen molar-refractivity contribution in [1.82, 2.24) is 9.88 Å². The number of halogens is 1. The molecular weight excluding hydrogens is 394 g/mol. The summed E-state index contributed by atoms with van der Waals surface area (Å²) in [5.41, 5.74) is 1.67. The van der Waals surface area contributed by atoms with Gasteiger partial charge in [-0.25, -0.2) is 9.78 Å². The molecule has 1 aromatic heterocycles. The van der Waals surface area contributed by atoms with Crippen molar-refractivity contribution in [2.24, 2.45) is 0 Å². The monoisotopic (exact) mass is 417 g/mol. The first-order valence-electron chi connectivity index (χ1n) is 9.37. The predicted molar refractivity (Wildman–Crippen MR) is 112 cm³/mol.